The number of nitrogens with zero attached hydrogens (tertiary/aromatic N) is 2. The molecule has 0 aliphatic rings. The van der Waals surface area contributed by atoms with Gasteiger partial charge in [0.05, 0.1) is 53.4 Å². The summed E-state index contributed by atoms with van der Waals surface area (Å²) in [7, 11) is 4.75. The van der Waals surface area contributed by atoms with Crippen LogP contribution in [0.5, 0.6) is 0 Å². The molecule has 0 aromatic heterocycles. The minimum Gasteiger partial charge on any atom is -0.326 e. The highest BCUT2D eigenvalue weighted by molar-refractivity contribution is 4.40. The Bertz CT molecular complexity index is 140. The Kier molecular flexibility index (Phi) is 6.46. The van der Waals surface area contributed by atoms with Crippen LogP contribution in [0, 0.1) is 0 Å². The third-order valence-corrected chi connectivity index (χ3v) is 4.45. The SMILES string of the molecule is CC[N+](C)(CC)CCC[N+](C)(CC)CC. The summed E-state index contributed by atoms with van der Waals surface area (Å²) in [6, 6.07) is 0. The molecule has 0 unspecified atom stereocenters. The van der Waals surface area contributed by atoms with Gasteiger partial charge < -0.3 is 8.97 Å². The summed E-state index contributed by atoms with van der Waals surface area (Å²) >= 11 is 0. The van der Waals surface area contributed by atoms with Crippen LogP contribution in [0.15, 0.2) is 0 Å². The van der Waals surface area contributed by atoms with Gasteiger partial charge in [0.15, 0.2) is 0 Å². The van der Waals surface area contributed by atoms with Crippen LogP contribution < -0.4 is 0 Å². The number of rotatable bonds is 8. The predicted molar refractivity (Wildman–Crippen MR) is 68.9 cm³/mol. The van der Waals surface area contributed by atoms with Gasteiger partial charge >= 0.3 is 0 Å². The molecule has 92 valence electrons. The topological polar surface area (TPSA) is 0 Å². The maximum Gasteiger partial charge on any atom is 0.0838 e. The Morgan fingerprint density at radius 1 is 0.600 bits per heavy atom. The maximum atomic E-state index is 2.38. The van der Waals surface area contributed by atoms with E-state index in [1.165, 1.54) is 54.7 Å². The van der Waals surface area contributed by atoms with Crippen LogP contribution in [0.3, 0.4) is 0 Å². The molecule has 0 radical (unpaired) electrons. The van der Waals surface area contributed by atoms with E-state index in [1.54, 1.807) is 0 Å². The largest absolute Gasteiger partial charge is 0.326 e. The number of hydrogen-bond acceptors (Lipinski definition) is 0. The Hall–Kier alpha value is -0.0800. The zero-order valence-electron chi connectivity index (χ0n) is 11.8. The van der Waals surface area contributed by atoms with E-state index in [0.717, 1.165) is 0 Å². The second kappa shape index (κ2) is 6.49. The molecule has 0 atom stereocenters. The maximum absolute atomic E-state index is 2.38. The molecule has 0 N–H and O–H groups in total. The summed E-state index contributed by atoms with van der Waals surface area (Å²) < 4.78 is 2.46. The van der Waals surface area contributed by atoms with Crippen molar-refractivity contribution in [2.75, 3.05) is 53.4 Å². The van der Waals surface area contributed by atoms with Gasteiger partial charge in [0.1, 0.15) is 0 Å². The number of hydrogen-bond donors (Lipinski definition) is 0. The smallest absolute Gasteiger partial charge is 0.0838 e. The lowest BCUT2D eigenvalue weighted by atomic mass is 10.2. The van der Waals surface area contributed by atoms with Gasteiger partial charge in [0.2, 0.25) is 0 Å². The zero-order valence-corrected chi connectivity index (χ0v) is 11.8. The Labute approximate surface area is 97.1 Å². The van der Waals surface area contributed by atoms with E-state index in [2.05, 4.69) is 41.8 Å². The molecule has 0 saturated heterocycles. The van der Waals surface area contributed by atoms with Gasteiger partial charge in [-0.15, -0.1) is 0 Å². The summed E-state index contributed by atoms with van der Waals surface area (Å²) in [5.41, 5.74) is 0. The molecule has 2 heteroatoms. The zero-order chi connectivity index (χ0) is 11.9. The van der Waals surface area contributed by atoms with Crippen molar-refractivity contribution in [2.45, 2.75) is 34.1 Å². The van der Waals surface area contributed by atoms with Crippen molar-refractivity contribution in [2.24, 2.45) is 0 Å². The Morgan fingerprint density at radius 2 is 0.867 bits per heavy atom. The van der Waals surface area contributed by atoms with Crippen LogP contribution >= 0.6 is 0 Å². The first-order valence-electron chi connectivity index (χ1n) is 6.62. The first kappa shape index (κ1) is 14.9. The van der Waals surface area contributed by atoms with Crippen molar-refractivity contribution < 1.29 is 8.97 Å². The lowest BCUT2D eigenvalue weighted by Gasteiger charge is -2.36. The summed E-state index contributed by atoms with van der Waals surface area (Å²) in [4.78, 5) is 0. The molecule has 0 fully saturated rings. The van der Waals surface area contributed by atoms with Gasteiger partial charge in [-0.1, -0.05) is 0 Å². The fraction of sp³-hybridized carbons (Fsp3) is 1.00. The Morgan fingerprint density at radius 3 is 1.07 bits per heavy atom. The van der Waals surface area contributed by atoms with Crippen molar-refractivity contribution in [1.82, 2.24) is 0 Å². The van der Waals surface area contributed by atoms with Crippen molar-refractivity contribution in [1.29, 1.82) is 0 Å². The van der Waals surface area contributed by atoms with Crippen LogP contribution in [-0.2, 0) is 0 Å². The standard InChI is InChI=1S/C13H32N2/c1-7-14(5,8-2)12-11-13-15(6,9-3)10-4/h7-13H2,1-6H3/q+2. The van der Waals surface area contributed by atoms with Crippen molar-refractivity contribution in [3.05, 3.63) is 0 Å². The second-order valence-corrected chi connectivity index (χ2v) is 5.30. The molecule has 0 amide bonds. The minimum absolute atomic E-state index is 1.23. The summed E-state index contributed by atoms with van der Waals surface area (Å²) in [5, 5.41) is 0. The van der Waals surface area contributed by atoms with Gasteiger partial charge in [-0.3, -0.25) is 0 Å². The Balaban J connectivity index is 3.96. The van der Waals surface area contributed by atoms with Crippen LogP contribution in [0.2, 0.25) is 0 Å². The molecule has 0 aromatic carbocycles. The predicted octanol–water partition coefficient (Wildman–Crippen LogP) is 2.35. The average molecular weight is 216 g/mol. The first-order chi connectivity index (χ1) is 6.95. The highest BCUT2D eigenvalue weighted by Gasteiger charge is 2.20. The van der Waals surface area contributed by atoms with E-state index in [9.17, 15) is 0 Å². The van der Waals surface area contributed by atoms with Gasteiger partial charge in [0, 0.05) is 6.42 Å². The normalized spacial score (nSPS) is 13.2. The quantitative estimate of drug-likeness (QED) is 0.546. The number of quaternary nitrogens is 2. The molecular weight excluding hydrogens is 184 g/mol. The van der Waals surface area contributed by atoms with E-state index in [1.807, 2.05) is 0 Å². The lowest BCUT2D eigenvalue weighted by molar-refractivity contribution is -0.924. The van der Waals surface area contributed by atoms with E-state index >= 15 is 0 Å². The van der Waals surface area contributed by atoms with Crippen LogP contribution in [0.4, 0.5) is 0 Å². The molecule has 0 bridgehead atoms. The minimum atomic E-state index is 1.23. The van der Waals surface area contributed by atoms with Crippen molar-refractivity contribution >= 4 is 0 Å². The molecule has 0 aromatic rings. The molecule has 0 aliphatic carbocycles. The molecule has 0 spiro atoms. The third-order valence-electron chi connectivity index (χ3n) is 4.45. The van der Waals surface area contributed by atoms with Gasteiger partial charge in [-0.05, 0) is 27.7 Å². The highest BCUT2D eigenvalue weighted by Crippen LogP contribution is 2.07. The lowest BCUT2D eigenvalue weighted by Crippen LogP contribution is -2.48. The molecule has 0 saturated carbocycles. The van der Waals surface area contributed by atoms with Gasteiger partial charge in [-0.2, -0.15) is 0 Å². The molecular formula is C13H32N2+2. The molecule has 15 heavy (non-hydrogen) atoms. The summed E-state index contributed by atoms with van der Waals surface area (Å²) in [5.74, 6) is 0. The molecule has 0 aliphatic heterocycles. The molecule has 2 nitrogen and oxygen atoms in total. The highest BCUT2D eigenvalue weighted by atomic mass is 15.3. The summed E-state index contributed by atoms with van der Waals surface area (Å²) in [6.07, 6.45) is 1.36. The van der Waals surface area contributed by atoms with E-state index in [0.29, 0.717) is 0 Å². The average Bonchev–Trinajstić information content (AvgIpc) is 2.28. The van der Waals surface area contributed by atoms with Crippen molar-refractivity contribution in [3.8, 4) is 0 Å². The van der Waals surface area contributed by atoms with E-state index in [-0.39, 0.29) is 0 Å². The second-order valence-electron chi connectivity index (χ2n) is 5.30. The fourth-order valence-electron chi connectivity index (χ4n) is 1.91. The monoisotopic (exact) mass is 216 g/mol. The van der Waals surface area contributed by atoms with Crippen LogP contribution in [0.25, 0.3) is 0 Å². The molecule has 0 heterocycles. The summed E-state index contributed by atoms with van der Waals surface area (Å²) in [6.45, 7) is 16.9. The van der Waals surface area contributed by atoms with Crippen molar-refractivity contribution in [3.63, 3.8) is 0 Å². The third kappa shape index (κ3) is 4.98. The van der Waals surface area contributed by atoms with Crippen LogP contribution in [-0.4, -0.2) is 62.3 Å². The van der Waals surface area contributed by atoms with Gasteiger partial charge in [-0.25, -0.2) is 0 Å². The van der Waals surface area contributed by atoms with Gasteiger partial charge in [0.25, 0.3) is 0 Å². The van der Waals surface area contributed by atoms with E-state index < -0.39 is 0 Å². The van der Waals surface area contributed by atoms with E-state index in [4.69, 9.17) is 0 Å². The first-order valence-corrected chi connectivity index (χ1v) is 6.62. The molecule has 0 rings (SSSR count). The fourth-order valence-corrected chi connectivity index (χ4v) is 1.91. The van der Waals surface area contributed by atoms with Crippen LogP contribution in [0.1, 0.15) is 34.1 Å².